The summed E-state index contributed by atoms with van der Waals surface area (Å²) in [5.74, 6) is 0.839. The predicted molar refractivity (Wildman–Crippen MR) is 123 cm³/mol. The standard InChI is InChI=1S/C23H22N4OS/c1-2-28-21-12-10-19(11-13-21)25-23(29)26-20-14-24-27(16-20)15-18-8-5-7-17-6-3-4-9-22(17)18/h3-14,16H,2,15H2,1H3,(H2,25,26,29). The summed E-state index contributed by atoms with van der Waals surface area (Å²) in [4.78, 5) is 0. The molecule has 6 heteroatoms. The van der Waals surface area contributed by atoms with Crippen LogP contribution in [0.5, 0.6) is 5.75 Å². The molecular weight excluding hydrogens is 380 g/mol. The molecule has 0 saturated heterocycles. The average molecular weight is 403 g/mol. The van der Waals surface area contributed by atoms with Crippen molar-refractivity contribution in [3.8, 4) is 5.75 Å². The molecule has 4 rings (SSSR count). The zero-order valence-corrected chi connectivity index (χ0v) is 16.9. The van der Waals surface area contributed by atoms with E-state index < -0.39 is 0 Å². The summed E-state index contributed by atoms with van der Waals surface area (Å²) in [6.45, 7) is 3.31. The fraction of sp³-hybridized carbons (Fsp3) is 0.130. The lowest BCUT2D eigenvalue weighted by Gasteiger charge is -2.10. The Balaban J connectivity index is 1.39. The molecule has 0 aliphatic rings. The van der Waals surface area contributed by atoms with Gasteiger partial charge in [-0.05, 0) is 59.7 Å². The van der Waals surface area contributed by atoms with E-state index in [1.165, 1.54) is 16.3 Å². The van der Waals surface area contributed by atoms with Crippen molar-refractivity contribution in [2.45, 2.75) is 13.5 Å². The molecule has 0 aliphatic heterocycles. The molecule has 146 valence electrons. The van der Waals surface area contributed by atoms with Gasteiger partial charge in [-0.15, -0.1) is 0 Å². The van der Waals surface area contributed by atoms with Crippen LogP contribution in [0.3, 0.4) is 0 Å². The highest BCUT2D eigenvalue weighted by Gasteiger charge is 2.05. The SMILES string of the molecule is CCOc1ccc(NC(=S)Nc2cnn(Cc3cccc4ccccc34)c2)cc1. The Morgan fingerprint density at radius 3 is 2.55 bits per heavy atom. The predicted octanol–water partition coefficient (Wildman–Crippen LogP) is 5.29. The third-order valence-electron chi connectivity index (χ3n) is 4.53. The monoisotopic (exact) mass is 402 g/mol. The van der Waals surface area contributed by atoms with Gasteiger partial charge in [-0.1, -0.05) is 42.5 Å². The zero-order chi connectivity index (χ0) is 20.1. The molecule has 0 amide bonds. The van der Waals surface area contributed by atoms with Crippen LogP contribution < -0.4 is 15.4 Å². The second-order valence-electron chi connectivity index (χ2n) is 6.60. The quantitative estimate of drug-likeness (QED) is 0.429. The van der Waals surface area contributed by atoms with Gasteiger partial charge >= 0.3 is 0 Å². The van der Waals surface area contributed by atoms with Crippen LogP contribution in [0.15, 0.2) is 79.1 Å². The minimum absolute atomic E-state index is 0.513. The molecule has 0 saturated carbocycles. The van der Waals surface area contributed by atoms with E-state index in [1.807, 2.05) is 42.1 Å². The summed E-state index contributed by atoms with van der Waals surface area (Å²) in [7, 11) is 0. The number of benzene rings is 3. The van der Waals surface area contributed by atoms with Crippen molar-refractivity contribution in [2.75, 3.05) is 17.2 Å². The molecule has 29 heavy (non-hydrogen) atoms. The maximum absolute atomic E-state index is 5.45. The number of thiocarbonyl (C=S) groups is 1. The maximum Gasteiger partial charge on any atom is 0.175 e. The van der Waals surface area contributed by atoms with Crippen molar-refractivity contribution >= 4 is 39.5 Å². The van der Waals surface area contributed by atoms with E-state index in [-0.39, 0.29) is 0 Å². The maximum atomic E-state index is 5.45. The van der Waals surface area contributed by atoms with Gasteiger partial charge in [-0.2, -0.15) is 5.10 Å². The number of nitrogens with one attached hydrogen (secondary N) is 2. The Morgan fingerprint density at radius 2 is 1.72 bits per heavy atom. The molecule has 1 aromatic heterocycles. The first-order chi connectivity index (χ1) is 14.2. The second-order valence-corrected chi connectivity index (χ2v) is 7.01. The Hall–Kier alpha value is -3.38. The number of fused-ring (bicyclic) bond motifs is 1. The summed E-state index contributed by atoms with van der Waals surface area (Å²) >= 11 is 5.41. The van der Waals surface area contributed by atoms with Crippen molar-refractivity contribution in [1.29, 1.82) is 0 Å². The van der Waals surface area contributed by atoms with Crippen molar-refractivity contribution in [2.24, 2.45) is 0 Å². The third-order valence-corrected chi connectivity index (χ3v) is 4.73. The van der Waals surface area contributed by atoms with Gasteiger partial charge in [0.2, 0.25) is 0 Å². The van der Waals surface area contributed by atoms with Gasteiger partial charge in [0.05, 0.1) is 25.0 Å². The molecule has 0 aliphatic carbocycles. The zero-order valence-electron chi connectivity index (χ0n) is 16.1. The number of hydrogen-bond acceptors (Lipinski definition) is 3. The van der Waals surface area contributed by atoms with Gasteiger partial charge in [-0.3, -0.25) is 4.68 Å². The third kappa shape index (κ3) is 4.73. The lowest BCUT2D eigenvalue weighted by atomic mass is 10.0. The van der Waals surface area contributed by atoms with E-state index in [0.29, 0.717) is 18.3 Å². The van der Waals surface area contributed by atoms with Crippen LogP contribution in [0, 0.1) is 0 Å². The highest BCUT2D eigenvalue weighted by Crippen LogP contribution is 2.20. The summed E-state index contributed by atoms with van der Waals surface area (Å²) in [5.41, 5.74) is 2.97. The van der Waals surface area contributed by atoms with Gasteiger partial charge < -0.3 is 15.4 Å². The van der Waals surface area contributed by atoms with Crippen LogP contribution in [0.2, 0.25) is 0 Å². The minimum atomic E-state index is 0.513. The Labute approximate surface area is 175 Å². The van der Waals surface area contributed by atoms with E-state index in [1.54, 1.807) is 6.20 Å². The van der Waals surface area contributed by atoms with Crippen LogP contribution in [-0.4, -0.2) is 21.5 Å². The fourth-order valence-electron chi connectivity index (χ4n) is 3.21. The van der Waals surface area contributed by atoms with Crippen molar-refractivity contribution in [1.82, 2.24) is 9.78 Å². The molecular formula is C23H22N4OS. The smallest absolute Gasteiger partial charge is 0.175 e. The van der Waals surface area contributed by atoms with Crippen LogP contribution in [0.25, 0.3) is 10.8 Å². The fourth-order valence-corrected chi connectivity index (χ4v) is 3.45. The number of nitrogens with zero attached hydrogens (tertiary/aromatic N) is 2. The minimum Gasteiger partial charge on any atom is -0.494 e. The Morgan fingerprint density at radius 1 is 0.966 bits per heavy atom. The van der Waals surface area contributed by atoms with Gasteiger partial charge in [0.15, 0.2) is 5.11 Å². The topological polar surface area (TPSA) is 51.1 Å². The molecule has 5 nitrogen and oxygen atoms in total. The summed E-state index contributed by atoms with van der Waals surface area (Å²) < 4.78 is 7.36. The molecule has 0 spiro atoms. The largest absolute Gasteiger partial charge is 0.494 e. The van der Waals surface area contributed by atoms with Crippen molar-refractivity contribution in [3.63, 3.8) is 0 Å². The Kier molecular flexibility index (Phi) is 5.72. The van der Waals surface area contributed by atoms with E-state index in [9.17, 15) is 0 Å². The van der Waals surface area contributed by atoms with Crippen molar-refractivity contribution in [3.05, 3.63) is 84.7 Å². The van der Waals surface area contributed by atoms with Crippen molar-refractivity contribution < 1.29 is 4.74 Å². The Bertz CT molecular complexity index is 1120. The molecule has 0 bridgehead atoms. The van der Waals surface area contributed by atoms with Crippen LogP contribution in [0.1, 0.15) is 12.5 Å². The van der Waals surface area contributed by atoms with Crippen LogP contribution in [-0.2, 0) is 6.54 Å². The van der Waals surface area contributed by atoms with E-state index in [2.05, 4.69) is 58.2 Å². The normalized spacial score (nSPS) is 10.7. The number of anilines is 2. The highest BCUT2D eigenvalue weighted by atomic mass is 32.1. The summed E-state index contributed by atoms with van der Waals surface area (Å²) in [5, 5.41) is 13.8. The average Bonchev–Trinajstić information content (AvgIpc) is 3.16. The first kappa shape index (κ1) is 19.0. The van der Waals surface area contributed by atoms with Gasteiger partial charge in [0.25, 0.3) is 0 Å². The number of hydrogen-bond donors (Lipinski definition) is 2. The molecule has 0 fully saturated rings. The number of rotatable bonds is 6. The lowest BCUT2D eigenvalue weighted by molar-refractivity contribution is 0.340. The van der Waals surface area contributed by atoms with Gasteiger partial charge in [-0.25, -0.2) is 0 Å². The number of ether oxygens (including phenoxy) is 1. The second kappa shape index (κ2) is 8.75. The van der Waals surface area contributed by atoms with Crippen LogP contribution >= 0.6 is 12.2 Å². The van der Waals surface area contributed by atoms with Gasteiger partial charge in [0.1, 0.15) is 5.75 Å². The summed E-state index contributed by atoms with van der Waals surface area (Å²) in [6, 6.07) is 22.4. The molecule has 1 heterocycles. The molecule has 0 radical (unpaired) electrons. The first-order valence-electron chi connectivity index (χ1n) is 9.51. The molecule has 4 aromatic rings. The molecule has 0 atom stereocenters. The van der Waals surface area contributed by atoms with E-state index in [4.69, 9.17) is 17.0 Å². The highest BCUT2D eigenvalue weighted by molar-refractivity contribution is 7.80. The van der Waals surface area contributed by atoms with Crippen LogP contribution in [0.4, 0.5) is 11.4 Å². The lowest BCUT2D eigenvalue weighted by Crippen LogP contribution is -2.18. The first-order valence-corrected chi connectivity index (χ1v) is 9.92. The molecule has 2 N–H and O–H groups in total. The van der Waals surface area contributed by atoms with E-state index >= 15 is 0 Å². The number of aromatic nitrogens is 2. The molecule has 3 aromatic carbocycles. The summed E-state index contributed by atoms with van der Waals surface area (Å²) in [6.07, 6.45) is 3.73. The van der Waals surface area contributed by atoms with Gasteiger partial charge in [0, 0.05) is 11.9 Å². The molecule has 0 unspecified atom stereocenters. The van der Waals surface area contributed by atoms with E-state index in [0.717, 1.165) is 17.1 Å².